The van der Waals surface area contributed by atoms with Crippen molar-refractivity contribution >= 4 is 11.8 Å². The predicted octanol–water partition coefficient (Wildman–Crippen LogP) is 3.95. The number of carbonyl (C=O) groups is 2. The Morgan fingerprint density at radius 2 is 1.94 bits per heavy atom. The van der Waals surface area contributed by atoms with Gasteiger partial charge in [-0.2, -0.15) is 13.2 Å². The molecule has 4 atom stereocenters. The molecule has 1 aromatic carbocycles. The van der Waals surface area contributed by atoms with Gasteiger partial charge in [0.2, 0.25) is 11.8 Å². The number of alkyl halides is 3. The highest BCUT2D eigenvalue weighted by atomic mass is 19.4. The average Bonchev–Trinajstić information content (AvgIpc) is 2.69. The van der Waals surface area contributed by atoms with E-state index in [1.807, 2.05) is 20.8 Å². The first-order valence-corrected chi connectivity index (χ1v) is 10.9. The maximum absolute atomic E-state index is 13.3. The van der Waals surface area contributed by atoms with Crippen molar-refractivity contribution in [3.05, 3.63) is 35.4 Å². The largest absolute Gasteiger partial charge is 0.416 e. The number of nitrogens with two attached hydrogens (primary N) is 1. The molecule has 1 saturated heterocycles. The number of aliphatic hydroxyl groups excluding tert-OH is 1. The number of primary amides is 1. The fourth-order valence-electron chi connectivity index (χ4n) is 4.50. The van der Waals surface area contributed by atoms with Gasteiger partial charge >= 0.3 is 6.18 Å². The van der Waals surface area contributed by atoms with Gasteiger partial charge in [0.15, 0.2) is 0 Å². The summed E-state index contributed by atoms with van der Waals surface area (Å²) in [5, 5.41) is 10.7. The van der Waals surface area contributed by atoms with Crippen LogP contribution in [0.15, 0.2) is 24.3 Å². The van der Waals surface area contributed by atoms with Crippen LogP contribution in [0.1, 0.15) is 63.5 Å². The monoisotopic (exact) mass is 442 g/mol. The first-order valence-electron chi connectivity index (χ1n) is 10.9. The maximum atomic E-state index is 13.3. The van der Waals surface area contributed by atoms with Gasteiger partial charge in [0.05, 0.1) is 11.7 Å². The fourth-order valence-corrected chi connectivity index (χ4v) is 4.50. The highest BCUT2D eigenvalue weighted by Crippen LogP contribution is 2.35. The van der Waals surface area contributed by atoms with Crippen LogP contribution in [-0.4, -0.2) is 41.0 Å². The molecule has 3 N–H and O–H groups in total. The molecule has 0 bridgehead atoms. The smallest absolute Gasteiger partial charge is 0.391 e. The van der Waals surface area contributed by atoms with Crippen LogP contribution in [0.4, 0.5) is 13.2 Å². The van der Waals surface area contributed by atoms with Crippen molar-refractivity contribution in [3.63, 3.8) is 0 Å². The third kappa shape index (κ3) is 6.45. The number of hydrogen-bond donors (Lipinski definition) is 2. The summed E-state index contributed by atoms with van der Waals surface area (Å²) in [7, 11) is 0. The highest BCUT2D eigenvalue weighted by Gasteiger charge is 2.39. The Morgan fingerprint density at radius 1 is 1.26 bits per heavy atom. The quantitative estimate of drug-likeness (QED) is 0.640. The molecule has 0 aromatic heterocycles. The molecule has 0 spiro atoms. The summed E-state index contributed by atoms with van der Waals surface area (Å²) >= 11 is 0. The SMILES string of the molecule is CCCC(C(N)=O)C(CC(C)C)C(=O)N1CCC(c2cccc(C(F)(F)F)c2)C(O)C1. The van der Waals surface area contributed by atoms with Crippen LogP contribution in [0, 0.1) is 17.8 Å². The molecule has 8 heteroatoms. The second kappa shape index (κ2) is 10.5. The Balaban J connectivity index is 2.17. The Morgan fingerprint density at radius 3 is 2.45 bits per heavy atom. The van der Waals surface area contributed by atoms with Gasteiger partial charge in [-0.1, -0.05) is 45.4 Å². The predicted molar refractivity (Wildman–Crippen MR) is 112 cm³/mol. The van der Waals surface area contributed by atoms with Crippen molar-refractivity contribution in [2.75, 3.05) is 13.1 Å². The molecule has 2 amide bonds. The molecule has 5 nitrogen and oxygen atoms in total. The van der Waals surface area contributed by atoms with Crippen molar-refractivity contribution < 1.29 is 27.9 Å². The third-order valence-electron chi connectivity index (χ3n) is 6.03. The van der Waals surface area contributed by atoms with E-state index in [0.29, 0.717) is 31.4 Å². The van der Waals surface area contributed by atoms with Crippen molar-refractivity contribution in [3.8, 4) is 0 Å². The summed E-state index contributed by atoms with van der Waals surface area (Å²) in [5.74, 6) is -2.15. The molecule has 0 saturated carbocycles. The lowest BCUT2D eigenvalue weighted by molar-refractivity contribution is -0.145. The minimum atomic E-state index is -4.45. The number of likely N-dealkylation sites (tertiary alicyclic amines) is 1. The normalized spacial score (nSPS) is 21.7. The zero-order valence-corrected chi connectivity index (χ0v) is 18.4. The summed E-state index contributed by atoms with van der Waals surface area (Å²) in [6, 6.07) is 4.98. The van der Waals surface area contributed by atoms with Gasteiger partial charge in [-0.15, -0.1) is 0 Å². The molecule has 1 aromatic rings. The van der Waals surface area contributed by atoms with Crippen LogP contribution < -0.4 is 5.73 Å². The summed E-state index contributed by atoms with van der Waals surface area (Å²) in [4.78, 5) is 26.8. The molecule has 0 radical (unpaired) electrons. The number of nitrogens with zero attached hydrogens (tertiary/aromatic N) is 1. The molecule has 1 aliphatic heterocycles. The van der Waals surface area contributed by atoms with Gasteiger partial charge < -0.3 is 15.7 Å². The summed E-state index contributed by atoms with van der Waals surface area (Å²) in [5.41, 5.74) is 5.25. The average molecular weight is 443 g/mol. The lowest BCUT2D eigenvalue weighted by Crippen LogP contribution is -2.50. The van der Waals surface area contributed by atoms with Gasteiger partial charge in [0.25, 0.3) is 0 Å². The van der Waals surface area contributed by atoms with Crippen molar-refractivity contribution in [1.82, 2.24) is 4.90 Å². The number of rotatable bonds is 8. The van der Waals surface area contributed by atoms with E-state index >= 15 is 0 Å². The number of benzene rings is 1. The van der Waals surface area contributed by atoms with E-state index < -0.39 is 41.5 Å². The summed E-state index contributed by atoms with van der Waals surface area (Å²) in [6.07, 6.45) is -3.35. The highest BCUT2D eigenvalue weighted by molar-refractivity contribution is 5.87. The number of aliphatic hydroxyl groups is 1. The second-order valence-electron chi connectivity index (χ2n) is 8.90. The van der Waals surface area contributed by atoms with E-state index in [0.717, 1.165) is 18.6 Å². The Labute approximate surface area is 181 Å². The van der Waals surface area contributed by atoms with E-state index in [1.165, 1.54) is 11.0 Å². The number of halogens is 3. The third-order valence-corrected chi connectivity index (χ3v) is 6.03. The second-order valence-corrected chi connectivity index (χ2v) is 8.90. The maximum Gasteiger partial charge on any atom is 0.416 e. The van der Waals surface area contributed by atoms with Crippen LogP contribution in [0.3, 0.4) is 0 Å². The minimum Gasteiger partial charge on any atom is -0.391 e. The van der Waals surface area contributed by atoms with Crippen LogP contribution in [-0.2, 0) is 15.8 Å². The van der Waals surface area contributed by atoms with Gasteiger partial charge in [0.1, 0.15) is 0 Å². The Bertz CT molecular complexity index is 767. The van der Waals surface area contributed by atoms with E-state index in [2.05, 4.69) is 0 Å². The molecule has 31 heavy (non-hydrogen) atoms. The number of amides is 2. The van der Waals surface area contributed by atoms with E-state index in [1.54, 1.807) is 6.07 Å². The van der Waals surface area contributed by atoms with Crippen LogP contribution in [0.25, 0.3) is 0 Å². The van der Waals surface area contributed by atoms with Crippen LogP contribution >= 0.6 is 0 Å². The number of hydrogen-bond acceptors (Lipinski definition) is 3. The first kappa shape index (κ1) is 25.2. The van der Waals surface area contributed by atoms with Gasteiger partial charge in [-0.05, 0) is 36.8 Å². The van der Waals surface area contributed by atoms with Gasteiger partial charge in [-0.3, -0.25) is 9.59 Å². The van der Waals surface area contributed by atoms with Crippen molar-refractivity contribution in [2.24, 2.45) is 23.5 Å². The van der Waals surface area contributed by atoms with Gasteiger partial charge in [-0.25, -0.2) is 0 Å². The molecule has 2 rings (SSSR count). The molecule has 1 heterocycles. The molecule has 1 fully saturated rings. The topological polar surface area (TPSA) is 83.6 Å². The molecule has 4 unspecified atom stereocenters. The lowest BCUT2D eigenvalue weighted by Gasteiger charge is -2.39. The molecule has 1 aliphatic rings. The van der Waals surface area contributed by atoms with E-state index in [-0.39, 0.29) is 18.4 Å². The van der Waals surface area contributed by atoms with E-state index in [4.69, 9.17) is 5.73 Å². The zero-order valence-electron chi connectivity index (χ0n) is 18.4. The Hall–Kier alpha value is -2.09. The number of β-amino-alcohol motifs (C(OH)–C–C–N with tert-alkyl or cyclic N) is 1. The number of carbonyl (C=O) groups excluding carboxylic acids is 2. The minimum absolute atomic E-state index is 0.0198. The van der Waals surface area contributed by atoms with Gasteiger partial charge in [0, 0.05) is 30.8 Å². The standard InChI is InChI=1S/C23H33F3N2O3/c1-4-6-18(21(27)30)19(11-14(2)3)22(31)28-10-9-17(20(29)13-28)15-7-5-8-16(12-15)23(24,25)26/h5,7-8,12,14,17-20,29H,4,6,9-11,13H2,1-3H3,(H2,27,30). The summed E-state index contributed by atoms with van der Waals surface area (Å²) in [6.45, 7) is 6.20. The van der Waals surface area contributed by atoms with Crippen LogP contribution in [0.5, 0.6) is 0 Å². The van der Waals surface area contributed by atoms with E-state index in [9.17, 15) is 27.9 Å². The Kier molecular flexibility index (Phi) is 8.51. The van der Waals surface area contributed by atoms with Crippen molar-refractivity contribution in [2.45, 2.75) is 64.7 Å². The molecular weight excluding hydrogens is 409 g/mol. The summed E-state index contributed by atoms with van der Waals surface area (Å²) < 4.78 is 39.1. The molecule has 0 aliphatic carbocycles. The lowest BCUT2D eigenvalue weighted by atomic mass is 9.80. The fraction of sp³-hybridized carbons (Fsp3) is 0.652. The number of piperidine rings is 1. The van der Waals surface area contributed by atoms with Crippen molar-refractivity contribution in [1.29, 1.82) is 0 Å². The first-order chi connectivity index (χ1) is 14.5. The molecule has 174 valence electrons. The molecular formula is C23H33F3N2O3. The zero-order chi connectivity index (χ0) is 23.3. The van der Waals surface area contributed by atoms with Crippen LogP contribution in [0.2, 0.25) is 0 Å².